The maximum Gasteiger partial charge on any atom is 0.133 e. The number of hydrogen-bond donors (Lipinski definition) is 1. The molecule has 4 heteroatoms. The first-order chi connectivity index (χ1) is 8.25. The number of aryl methyl sites for hydroxylation is 2. The molecule has 1 fully saturated rings. The molecule has 1 saturated heterocycles. The second-order valence-electron chi connectivity index (χ2n) is 4.88. The van der Waals surface area contributed by atoms with Crippen LogP contribution in [-0.4, -0.2) is 28.7 Å². The number of hydrogen-bond acceptors (Lipinski definition) is 3. The summed E-state index contributed by atoms with van der Waals surface area (Å²) < 4.78 is 1.84. The summed E-state index contributed by atoms with van der Waals surface area (Å²) in [5.41, 5.74) is 1.14. The first kappa shape index (κ1) is 12.3. The van der Waals surface area contributed by atoms with E-state index in [1.165, 1.54) is 6.42 Å². The van der Waals surface area contributed by atoms with Crippen molar-refractivity contribution >= 4 is 5.78 Å². The van der Waals surface area contributed by atoms with Crippen molar-refractivity contribution in [1.29, 1.82) is 0 Å². The standard InChI is InChI=1S/C13H21N3O/c1-16-12(7-9-15-16)3-5-13(17)4-2-11-6-8-14-10-11/h7,9,11,14H,2-6,8,10H2,1H3. The topological polar surface area (TPSA) is 46.9 Å². The fourth-order valence-corrected chi connectivity index (χ4v) is 2.36. The molecule has 1 unspecified atom stereocenters. The summed E-state index contributed by atoms with van der Waals surface area (Å²) in [6.45, 7) is 2.21. The third kappa shape index (κ3) is 3.66. The van der Waals surface area contributed by atoms with Crippen molar-refractivity contribution in [2.75, 3.05) is 13.1 Å². The zero-order valence-electron chi connectivity index (χ0n) is 10.5. The van der Waals surface area contributed by atoms with E-state index < -0.39 is 0 Å². The van der Waals surface area contributed by atoms with Gasteiger partial charge in [0.05, 0.1) is 0 Å². The minimum absolute atomic E-state index is 0.387. The zero-order valence-corrected chi connectivity index (χ0v) is 10.5. The lowest BCUT2D eigenvalue weighted by Crippen LogP contribution is -2.11. The van der Waals surface area contributed by atoms with E-state index in [0.717, 1.165) is 44.0 Å². The monoisotopic (exact) mass is 235 g/mol. The minimum Gasteiger partial charge on any atom is -0.316 e. The van der Waals surface area contributed by atoms with Crippen molar-refractivity contribution in [1.82, 2.24) is 15.1 Å². The maximum atomic E-state index is 11.8. The molecule has 1 aromatic heterocycles. The van der Waals surface area contributed by atoms with Gasteiger partial charge in [-0.3, -0.25) is 9.48 Å². The van der Waals surface area contributed by atoms with Gasteiger partial charge in [-0.1, -0.05) is 0 Å². The van der Waals surface area contributed by atoms with E-state index in [0.29, 0.717) is 12.2 Å². The fraction of sp³-hybridized carbons (Fsp3) is 0.692. The molecule has 1 aromatic rings. The lowest BCUT2D eigenvalue weighted by molar-refractivity contribution is -0.119. The van der Waals surface area contributed by atoms with Crippen LogP contribution >= 0.6 is 0 Å². The fourth-order valence-electron chi connectivity index (χ4n) is 2.36. The summed E-state index contributed by atoms with van der Waals surface area (Å²) in [7, 11) is 1.92. The predicted octanol–water partition coefficient (Wildman–Crippen LogP) is 1.31. The van der Waals surface area contributed by atoms with Gasteiger partial charge in [0.25, 0.3) is 0 Å². The van der Waals surface area contributed by atoms with Crippen molar-refractivity contribution in [2.24, 2.45) is 13.0 Å². The predicted molar refractivity (Wildman–Crippen MR) is 66.7 cm³/mol. The Morgan fingerprint density at radius 1 is 1.59 bits per heavy atom. The summed E-state index contributed by atoms with van der Waals surface area (Å²) in [4.78, 5) is 11.8. The Morgan fingerprint density at radius 3 is 3.12 bits per heavy atom. The first-order valence-corrected chi connectivity index (χ1v) is 6.45. The number of rotatable bonds is 6. The molecule has 2 heterocycles. The van der Waals surface area contributed by atoms with Gasteiger partial charge < -0.3 is 5.32 Å². The average molecular weight is 235 g/mol. The van der Waals surface area contributed by atoms with E-state index >= 15 is 0 Å². The van der Waals surface area contributed by atoms with E-state index in [4.69, 9.17) is 0 Å². The van der Waals surface area contributed by atoms with E-state index in [9.17, 15) is 4.79 Å². The third-order valence-electron chi connectivity index (χ3n) is 3.58. The number of ketones is 1. The molecule has 0 spiro atoms. The second kappa shape index (κ2) is 5.96. The van der Waals surface area contributed by atoms with Crippen LogP contribution in [0.5, 0.6) is 0 Å². The quantitative estimate of drug-likeness (QED) is 0.808. The van der Waals surface area contributed by atoms with E-state index in [1.807, 2.05) is 17.8 Å². The second-order valence-corrected chi connectivity index (χ2v) is 4.88. The summed E-state index contributed by atoms with van der Waals surface area (Å²) in [6, 6.07) is 1.98. The van der Waals surface area contributed by atoms with Crippen LogP contribution in [0.2, 0.25) is 0 Å². The number of carbonyl (C=O) groups is 1. The van der Waals surface area contributed by atoms with Crippen LogP contribution in [0.1, 0.15) is 31.4 Å². The van der Waals surface area contributed by atoms with Gasteiger partial charge in [0.2, 0.25) is 0 Å². The molecule has 94 valence electrons. The van der Waals surface area contributed by atoms with Crippen molar-refractivity contribution in [2.45, 2.75) is 32.1 Å². The van der Waals surface area contributed by atoms with Gasteiger partial charge in [0, 0.05) is 31.8 Å². The van der Waals surface area contributed by atoms with Gasteiger partial charge in [-0.15, -0.1) is 0 Å². The third-order valence-corrected chi connectivity index (χ3v) is 3.58. The van der Waals surface area contributed by atoms with Crippen LogP contribution in [0.3, 0.4) is 0 Å². The number of Topliss-reactive ketones (excluding diaryl/α,β-unsaturated/α-hetero) is 1. The van der Waals surface area contributed by atoms with Crippen LogP contribution < -0.4 is 5.32 Å². The van der Waals surface area contributed by atoms with Crippen LogP contribution in [0.25, 0.3) is 0 Å². The molecule has 1 aliphatic heterocycles. The van der Waals surface area contributed by atoms with Crippen LogP contribution in [0.4, 0.5) is 0 Å². The van der Waals surface area contributed by atoms with Crippen molar-refractivity contribution in [3.8, 4) is 0 Å². The largest absolute Gasteiger partial charge is 0.316 e. The molecule has 1 aliphatic rings. The van der Waals surface area contributed by atoms with Crippen LogP contribution in [0, 0.1) is 5.92 Å². The Labute approximate surface area is 102 Å². The molecule has 0 aliphatic carbocycles. The summed E-state index contributed by atoms with van der Waals surface area (Å²) in [6.07, 6.45) is 6.28. The number of aromatic nitrogens is 2. The van der Waals surface area contributed by atoms with E-state index in [1.54, 1.807) is 6.20 Å². The van der Waals surface area contributed by atoms with Gasteiger partial charge in [-0.2, -0.15) is 5.10 Å². The van der Waals surface area contributed by atoms with Gasteiger partial charge in [-0.25, -0.2) is 0 Å². The molecule has 0 aromatic carbocycles. The minimum atomic E-state index is 0.387. The molecular weight excluding hydrogens is 214 g/mol. The van der Waals surface area contributed by atoms with Gasteiger partial charge in [0.1, 0.15) is 5.78 Å². The number of nitrogens with one attached hydrogen (secondary N) is 1. The van der Waals surface area contributed by atoms with Crippen molar-refractivity contribution in [3.05, 3.63) is 18.0 Å². The van der Waals surface area contributed by atoms with Crippen LogP contribution in [0.15, 0.2) is 12.3 Å². The Bertz CT molecular complexity index is 366. The molecule has 17 heavy (non-hydrogen) atoms. The molecule has 1 N–H and O–H groups in total. The number of carbonyl (C=O) groups excluding carboxylic acids is 1. The molecule has 2 rings (SSSR count). The summed E-state index contributed by atoms with van der Waals surface area (Å²) in [5.74, 6) is 1.11. The van der Waals surface area contributed by atoms with Crippen LogP contribution in [-0.2, 0) is 18.3 Å². The Balaban J connectivity index is 1.65. The molecule has 0 radical (unpaired) electrons. The van der Waals surface area contributed by atoms with Crippen molar-refractivity contribution in [3.63, 3.8) is 0 Å². The normalized spacial score (nSPS) is 19.7. The maximum absolute atomic E-state index is 11.8. The SMILES string of the molecule is Cn1nccc1CCC(=O)CCC1CCNC1. The van der Waals surface area contributed by atoms with Crippen molar-refractivity contribution < 1.29 is 4.79 Å². The first-order valence-electron chi connectivity index (χ1n) is 6.45. The van der Waals surface area contributed by atoms with E-state index in [-0.39, 0.29) is 0 Å². The highest BCUT2D eigenvalue weighted by Gasteiger charge is 2.15. The molecule has 0 amide bonds. The Kier molecular flexibility index (Phi) is 4.31. The lowest BCUT2D eigenvalue weighted by Gasteiger charge is -2.07. The molecular formula is C13H21N3O. The molecule has 0 bridgehead atoms. The summed E-state index contributed by atoms with van der Waals surface area (Å²) >= 11 is 0. The molecule has 0 saturated carbocycles. The highest BCUT2D eigenvalue weighted by Crippen LogP contribution is 2.15. The van der Waals surface area contributed by atoms with Gasteiger partial charge >= 0.3 is 0 Å². The highest BCUT2D eigenvalue weighted by molar-refractivity contribution is 5.78. The summed E-state index contributed by atoms with van der Waals surface area (Å²) in [5, 5.41) is 7.44. The Hall–Kier alpha value is -1.16. The average Bonchev–Trinajstić information content (AvgIpc) is 2.95. The lowest BCUT2D eigenvalue weighted by atomic mass is 9.99. The zero-order chi connectivity index (χ0) is 12.1. The smallest absolute Gasteiger partial charge is 0.133 e. The number of nitrogens with zero attached hydrogens (tertiary/aromatic N) is 2. The Morgan fingerprint density at radius 2 is 2.47 bits per heavy atom. The molecule has 1 atom stereocenters. The highest BCUT2D eigenvalue weighted by atomic mass is 16.1. The van der Waals surface area contributed by atoms with Gasteiger partial charge in [0.15, 0.2) is 0 Å². The van der Waals surface area contributed by atoms with E-state index in [2.05, 4.69) is 10.4 Å². The molecule has 4 nitrogen and oxygen atoms in total. The van der Waals surface area contributed by atoms with Gasteiger partial charge in [-0.05, 0) is 44.3 Å².